The summed E-state index contributed by atoms with van der Waals surface area (Å²) in [6, 6.07) is 11.3. The van der Waals surface area contributed by atoms with Crippen molar-refractivity contribution in [3.05, 3.63) is 64.2 Å². The number of thiophene rings is 1. The molecule has 1 aromatic carbocycles. The van der Waals surface area contributed by atoms with Crippen LogP contribution in [0.15, 0.2) is 46.3 Å². The number of nitrogens with one attached hydrogen (secondary N) is 1. The molecule has 0 radical (unpaired) electrons. The van der Waals surface area contributed by atoms with Crippen LogP contribution in [0.4, 0.5) is 5.69 Å². The van der Waals surface area contributed by atoms with Crippen molar-refractivity contribution in [3.63, 3.8) is 0 Å². The Bertz CT molecular complexity index is 1330. The number of ether oxygens (including phenoxy) is 1. The lowest BCUT2D eigenvalue weighted by atomic mass is 9.98. The second kappa shape index (κ2) is 9.15. The normalized spacial score (nSPS) is 12.2. The summed E-state index contributed by atoms with van der Waals surface area (Å²) in [6.07, 6.45) is -1.01. The molecule has 1 N–H and O–H groups in total. The van der Waals surface area contributed by atoms with E-state index in [1.807, 2.05) is 42.6 Å². The number of nitrogens with zero attached hydrogens (tertiary/aromatic N) is 2. The fourth-order valence-corrected chi connectivity index (χ4v) is 4.34. The van der Waals surface area contributed by atoms with Crippen LogP contribution in [0.5, 0.6) is 0 Å². The Morgan fingerprint density at radius 3 is 2.61 bits per heavy atom. The Kier molecular flexibility index (Phi) is 6.29. The van der Waals surface area contributed by atoms with Gasteiger partial charge in [0.25, 0.3) is 11.6 Å². The molecule has 1 atom stereocenters. The third-order valence-corrected chi connectivity index (χ3v) is 6.33. The Balaban J connectivity index is 1.60. The fraction of sp³-hybridized carbons (Fsp3) is 0.280. The summed E-state index contributed by atoms with van der Waals surface area (Å²) in [6.45, 7) is 9.35. The molecule has 4 aromatic rings. The summed E-state index contributed by atoms with van der Waals surface area (Å²) in [5.74, 6) is -0.802. The summed E-state index contributed by atoms with van der Waals surface area (Å²) in [4.78, 5) is 31.4. The highest BCUT2D eigenvalue weighted by atomic mass is 32.1. The number of carbonyl (C=O) groups is 2. The molecule has 1 amide bonds. The van der Waals surface area contributed by atoms with Gasteiger partial charge in [-0.2, -0.15) is 0 Å². The highest BCUT2D eigenvalue weighted by Crippen LogP contribution is 2.30. The topological polar surface area (TPSA) is 94.3 Å². The second-order valence-corrected chi connectivity index (χ2v) is 9.16. The van der Waals surface area contributed by atoms with Gasteiger partial charge >= 0.3 is 5.97 Å². The second-order valence-electron chi connectivity index (χ2n) is 8.21. The monoisotopic (exact) mass is 463 g/mol. The van der Waals surface area contributed by atoms with E-state index in [1.54, 1.807) is 19.9 Å². The minimum absolute atomic E-state index is 0.232. The van der Waals surface area contributed by atoms with E-state index in [4.69, 9.17) is 9.26 Å². The zero-order valence-corrected chi connectivity index (χ0v) is 19.9. The number of carbonyl (C=O) groups excluding carboxylic acids is 2. The van der Waals surface area contributed by atoms with Crippen LogP contribution in [0.1, 0.15) is 53.9 Å². The van der Waals surface area contributed by atoms with E-state index in [9.17, 15) is 9.59 Å². The quantitative estimate of drug-likeness (QED) is 0.359. The van der Waals surface area contributed by atoms with Crippen molar-refractivity contribution in [1.29, 1.82) is 0 Å². The minimum Gasteiger partial charge on any atom is -0.449 e. The number of aryl methyl sites for hydroxylation is 2. The van der Waals surface area contributed by atoms with Crippen LogP contribution in [0.25, 0.3) is 21.7 Å². The summed E-state index contributed by atoms with van der Waals surface area (Å²) < 4.78 is 10.9. The molecule has 1 unspecified atom stereocenters. The number of para-hydroxylation sites is 1. The maximum absolute atomic E-state index is 13.1. The van der Waals surface area contributed by atoms with Crippen molar-refractivity contribution in [2.45, 2.75) is 46.6 Å². The molecule has 0 fully saturated rings. The zero-order valence-electron chi connectivity index (χ0n) is 19.1. The van der Waals surface area contributed by atoms with Gasteiger partial charge < -0.3 is 14.6 Å². The Morgan fingerprint density at radius 1 is 1.12 bits per heavy atom. The van der Waals surface area contributed by atoms with E-state index in [-0.39, 0.29) is 17.2 Å². The molecular formula is C25H25N3O4S. The molecule has 8 heteroatoms. The molecule has 0 bridgehead atoms. The molecule has 0 spiro atoms. The van der Waals surface area contributed by atoms with Crippen LogP contribution >= 0.6 is 11.3 Å². The third kappa shape index (κ3) is 4.52. The Labute approximate surface area is 195 Å². The van der Waals surface area contributed by atoms with Crippen molar-refractivity contribution >= 4 is 40.0 Å². The maximum Gasteiger partial charge on any atom is 0.339 e. The number of esters is 1. The van der Waals surface area contributed by atoms with Crippen LogP contribution in [-0.4, -0.2) is 28.1 Å². The molecule has 170 valence electrons. The van der Waals surface area contributed by atoms with E-state index in [0.717, 1.165) is 21.7 Å². The van der Waals surface area contributed by atoms with Gasteiger partial charge in [-0.15, -0.1) is 11.3 Å². The van der Waals surface area contributed by atoms with Gasteiger partial charge in [0.2, 0.25) is 0 Å². The average molecular weight is 464 g/mol. The van der Waals surface area contributed by atoms with E-state index >= 15 is 0 Å². The van der Waals surface area contributed by atoms with Gasteiger partial charge in [0, 0.05) is 5.69 Å². The lowest BCUT2D eigenvalue weighted by molar-refractivity contribution is -0.123. The van der Waals surface area contributed by atoms with Gasteiger partial charge in [0.05, 0.1) is 27.2 Å². The largest absolute Gasteiger partial charge is 0.449 e. The molecule has 0 aliphatic rings. The third-order valence-electron chi connectivity index (χ3n) is 5.44. The number of amides is 1. The first-order valence-corrected chi connectivity index (χ1v) is 11.6. The number of pyridine rings is 1. The SMILES string of the molecule is Cc1cccc(C(C)C)c1NC(=O)C(C)OC(=O)c1cc(-c2cccs2)nc2onc(C)c12. The van der Waals surface area contributed by atoms with Gasteiger partial charge in [-0.3, -0.25) is 4.79 Å². The highest BCUT2D eigenvalue weighted by Gasteiger charge is 2.25. The van der Waals surface area contributed by atoms with E-state index in [2.05, 4.69) is 29.3 Å². The minimum atomic E-state index is -1.01. The predicted octanol–water partition coefficient (Wildman–Crippen LogP) is 5.88. The molecule has 0 aliphatic carbocycles. The lowest BCUT2D eigenvalue weighted by Crippen LogP contribution is -2.30. The molecule has 0 saturated heterocycles. The molecule has 33 heavy (non-hydrogen) atoms. The van der Waals surface area contributed by atoms with Crippen molar-refractivity contribution in [2.24, 2.45) is 0 Å². The zero-order chi connectivity index (χ0) is 23.7. The first kappa shape index (κ1) is 22.7. The summed E-state index contributed by atoms with van der Waals surface area (Å²) in [5.41, 5.74) is 4.36. The molecular weight excluding hydrogens is 438 g/mol. The number of aromatic nitrogens is 2. The van der Waals surface area contributed by atoms with Crippen LogP contribution in [0.2, 0.25) is 0 Å². The van der Waals surface area contributed by atoms with E-state index in [0.29, 0.717) is 16.8 Å². The van der Waals surface area contributed by atoms with Gasteiger partial charge in [-0.25, -0.2) is 9.78 Å². The number of rotatable bonds is 6. The standard InChI is InChI=1S/C25H25N3O4S/c1-13(2)17-9-6-8-14(3)22(17)27-23(29)16(5)31-25(30)18-12-19(20-10-7-11-33-20)26-24-21(18)15(4)28-32-24/h6-13,16H,1-5H3,(H,27,29). The number of hydrogen-bond donors (Lipinski definition) is 1. The van der Waals surface area contributed by atoms with E-state index in [1.165, 1.54) is 11.3 Å². The molecule has 7 nitrogen and oxygen atoms in total. The van der Waals surface area contributed by atoms with Crippen molar-refractivity contribution in [2.75, 3.05) is 5.32 Å². The van der Waals surface area contributed by atoms with Crippen LogP contribution in [-0.2, 0) is 9.53 Å². The van der Waals surface area contributed by atoms with Crippen LogP contribution in [0, 0.1) is 13.8 Å². The molecule has 0 aliphatic heterocycles. The molecule has 3 aromatic heterocycles. The van der Waals surface area contributed by atoms with Crippen molar-refractivity contribution < 1.29 is 18.8 Å². The summed E-state index contributed by atoms with van der Waals surface area (Å²) >= 11 is 1.50. The van der Waals surface area contributed by atoms with Crippen LogP contribution < -0.4 is 5.32 Å². The van der Waals surface area contributed by atoms with Gasteiger partial charge in [0.15, 0.2) is 6.10 Å². The van der Waals surface area contributed by atoms with Crippen molar-refractivity contribution in [1.82, 2.24) is 10.1 Å². The first-order valence-electron chi connectivity index (χ1n) is 10.7. The number of benzene rings is 1. The summed E-state index contributed by atoms with van der Waals surface area (Å²) in [5, 5.41) is 9.29. The number of anilines is 1. The van der Waals surface area contributed by atoms with Gasteiger partial charge in [0.1, 0.15) is 0 Å². The van der Waals surface area contributed by atoms with E-state index < -0.39 is 18.0 Å². The maximum atomic E-state index is 13.1. The molecule has 4 rings (SSSR count). The average Bonchev–Trinajstić information content (AvgIpc) is 3.44. The molecule has 0 saturated carbocycles. The van der Waals surface area contributed by atoms with Gasteiger partial charge in [-0.1, -0.05) is 43.3 Å². The number of hydrogen-bond acceptors (Lipinski definition) is 7. The van der Waals surface area contributed by atoms with Crippen LogP contribution in [0.3, 0.4) is 0 Å². The smallest absolute Gasteiger partial charge is 0.339 e. The lowest BCUT2D eigenvalue weighted by Gasteiger charge is -2.19. The summed E-state index contributed by atoms with van der Waals surface area (Å²) in [7, 11) is 0. The Morgan fingerprint density at radius 2 is 1.91 bits per heavy atom. The predicted molar refractivity (Wildman–Crippen MR) is 129 cm³/mol. The van der Waals surface area contributed by atoms with Gasteiger partial charge in [-0.05, 0) is 55.3 Å². The Hall–Kier alpha value is -3.52. The number of fused-ring (bicyclic) bond motifs is 1. The highest BCUT2D eigenvalue weighted by molar-refractivity contribution is 7.13. The molecule has 3 heterocycles. The fourth-order valence-electron chi connectivity index (χ4n) is 3.65. The first-order chi connectivity index (χ1) is 15.8. The van der Waals surface area contributed by atoms with Crippen molar-refractivity contribution in [3.8, 4) is 10.6 Å².